The molecule has 0 aliphatic carbocycles. The van der Waals surface area contributed by atoms with Crippen molar-refractivity contribution in [2.75, 3.05) is 19.6 Å². The van der Waals surface area contributed by atoms with Crippen LogP contribution in [-0.2, 0) is 14.3 Å². The van der Waals surface area contributed by atoms with E-state index in [1.165, 1.54) is 0 Å². The number of urea groups is 1. The van der Waals surface area contributed by atoms with Crippen molar-refractivity contribution >= 4 is 29.3 Å². The minimum absolute atomic E-state index is 0.0126. The molecule has 30 heavy (non-hydrogen) atoms. The van der Waals surface area contributed by atoms with E-state index in [9.17, 15) is 14.4 Å². The normalized spacial score (nSPS) is 26.0. The maximum absolute atomic E-state index is 12.6. The third-order valence-corrected chi connectivity index (χ3v) is 6.46. The number of hydrogen-bond acceptors (Lipinski definition) is 4. The summed E-state index contributed by atoms with van der Waals surface area (Å²) in [5, 5.41) is 7.55. The van der Waals surface area contributed by atoms with Gasteiger partial charge in [0.2, 0.25) is 5.91 Å². The Hall–Kier alpha value is -1.60. The van der Waals surface area contributed by atoms with Gasteiger partial charge in [0, 0.05) is 31.3 Å². The number of hydrogen-bond donors (Lipinski definition) is 3. The largest absolute Gasteiger partial charge is 0.374 e. The first-order valence-corrected chi connectivity index (χ1v) is 11.6. The van der Waals surface area contributed by atoms with Gasteiger partial charge in [0.1, 0.15) is 0 Å². The molecular weight excluding hydrogens is 406 g/mol. The standard InChI is InChI=1S/C22H36ClN3O4/c1-3-5-7-8-9-16(27)21(23)20-15(17-10-11-18(20)30-17)13-25-19(28)14-26-22(29)24-12-6-4-2/h3,5,15,17-18,20-21H,4,6-14H2,1-2H3,(H,25,28)(H2,24,26,29)/t15-,17+,18+,20-,21+/m0/s1. The lowest BCUT2D eigenvalue weighted by molar-refractivity contribution is -0.120. The maximum Gasteiger partial charge on any atom is 0.315 e. The number of Topliss-reactive ketones (excluding diaryl/α,β-unsaturated/α-hetero) is 1. The minimum Gasteiger partial charge on any atom is -0.374 e. The average Bonchev–Trinajstić information content (AvgIpc) is 3.35. The number of ketones is 1. The number of unbranched alkanes of at least 4 members (excludes halogenated alkanes) is 2. The van der Waals surface area contributed by atoms with E-state index in [1.54, 1.807) is 0 Å². The maximum atomic E-state index is 12.6. The highest BCUT2D eigenvalue weighted by Crippen LogP contribution is 2.46. The van der Waals surface area contributed by atoms with Crippen LogP contribution in [0.5, 0.6) is 0 Å². The lowest BCUT2D eigenvalue weighted by atomic mass is 9.76. The summed E-state index contributed by atoms with van der Waals surface area (Å²) in [6, 6.07) is -0.343. The number of carbonyl (C=O) groups excluding carboxylic acids is 3. The molecule has 0 aromatic heterocycles. The van der Waals surface area contributed by atoms with Crippen LogP contribution in [0.2, 0.25) is 0 Å². The summed E-state index contributed by atoms with van der Waals surface area (Å²) in [4.78, 5) is 36.4. The molecular formula is C22H36ClN3O4. The Morgan fingerprint density at radius 3 is 2.63 bits per heavy atom. The van der Waals surface area contributed by atoms with Crippen LogP contribution in [0.1, 0.15) is 58.8 Å². The summed E-state index contributed by atoms with van der Waals surface area (Å²) in [5.41, 5.74) is 0. The van der Waals surface area contributed by atoms with Gasteiger partial charge in [0.15, 0.2) is 5.78 Å². The highest BCUT2D eigenvalue weighted by Gasteiger charge is 2.52. The first kappa shape index (κ1) is 24.7. The Labute approximate surface area is 184 Å². The van der Waals surface area contributed by atoms with Gasteiger partial charge in [-0.1, -0.05) is 25.5 Å². The van der Waals surface area contributed by atoms with Gasteiger partial charge in [-0.15, -0.1) is 11.6 Å². The Balaban J connectivity index is 1.78. The number of alkyl halides is 1. The monoisotopic (exact) mass is 441 g/mol. The van der Waals surface area contributed by atoms with Gasteiger partial charge in [0.25, 0.3) is 0 Å². The minimum atomic E-state index is -0.588. The molecule has 2 bridgehead atoms. The summed E-state index contributed by atoms with van der Waals surface area (Å²) >= 11 is 6.59. The fraction of sp³-hybridized carbons (Fsp3) is 0.773. The van der Waals surface area contributed by atoms with Gasteiger partial charge >= 0.3 is 6.03 Å². The number of rotatable bonds is 13. The quantitative estimate of drug-likeness (QED) is 0.232. The number of halogens is 1. The molecule has 5 atom stereocenters. The summed E-state index contributed by atoms with van der Waals surface area (Å²) in [5.74, 6) is -0.256. The number of carbonyl (C=O) groups is 3. The van der Waals surface area contributed by atoms with Crippen molar-refractivity contribution < 1.29 is 19.1 Å². The second kappa shape index (κ2) is 13.0. The molecule has 2 heterocycles. The van der Waals surface area contributed by atoms with Gasteiger partial charge in [-0.25, -0.2) is 4.79 Å². The molecule has 170 valence electrons. The van der Waals surface area contributed by atoms with Crippen molar-refractivity contribution in [1.82, 2.24) is 16.0 Å². The zero-order valence-electron chi connectivity index (χ0n) is 18.1. The molecule has 0 aromatic rings. The fourth-order valence-electron chi connectivity index (χ4n) is 4.29. The van der Waals surface area contributed by atoms with Gasteiger partial charge in [0.05, 0.1) is 24.1 Å². The Kier molecular flexibility index (Phi) is 10.6. The number of nitrogens with one attached hydrogen (secondary N) is 3. The second-order valence-corrected chi connectivity index (χ2v) is 8.60. The summed E-state index contributed by atoms with van der Waals surface area (Å²) in [6.07, 6.45) is 9.91. The van der Waals surface area contributed by atoms with Crippen molar-refractivity contribution in [3.05, 3.63) is 12.2 Å². The lowest BCUT2D eigenvalue weighted by Gasteiger charge is -2.31. The molecule has 3 amide bonds. The zero-order valence-corrected chi connectivity index (χ0v) is 18.9. The van der Waals surface area contributed by atoms with Crippen molar-refractivity contribution in [2.45, 2.75) is 76.4 Å². The Bertz CT molecular complexity index is 613. The molecule has 8 heteroatoms. The van der Waals surface area contributed by atoms with E-state index in [4.69, 9.17) is 16.3 Å². The molecule has 2 aliphatic rings. The van der Waals surface area contributed by atoms with E-state index < -0.39 is 5.38 Å². The number of fused-ring (bicyclic) bond motifs is 2. The average molecular weight is 442 g/mol. The molecule has 0 saturated carbocycles. The van der Waals surface area contributed by atoms with E-state index >= 15 is 0 Å². The molecule has 2 rings (SSSR count). The zero-order chi connectivity index (χ0) is 21.9. The van der Waals surface area contributed by atoms with E-state index in [0.29, 0.717) is 19.5 Å². The fourth-order valence-corrected chi connectivity index (χ4v) is 4.75. The highest BCUT2D eigenvalue weighted by atomic mass is 35.5. The van der Waals surface area contributed by atoms with Crippen LogP contribution < -0.4 is 16.0 Å². The van der Waals surface area contributed by atoms with Crippen molar-refractivity contribution in [2.24, 2.45) is 11.8 Å². The molecule has 2 aliphatic heterocycles. The first-order valence-electron chi connectivity index (χ1n) is 11.2. The smallest absolute Gasteiger partial charge is 0.315 e. The van der Waals surface area contributed by atoms with Crippen LogP contribution in [0.15, 0.2) is 12.2 Å². The van der Waals surface area contributed by atoms with Gasteiger partial charge < -0.3 is 20.7 Å². The van der Waals surface area contributed by atoms with E-state index in [2.05, 4.69) is 16.0 Å². The van der Waals surface area contributed by atoms with Crippen LogP contribution in [0, 0.1) is 11.8 Å². The molecule has 3 N–H and O–H groups in total. The van der Waals surface area contributed by atoms with Crippen LogP contribution in [-0.4, -0.2) is 54.9 Å². The van der Waals surface area contributed by atoms with Crippen LogP contribution in [0.3, 0.4) is 0 Å². The molecule has 0 spiro atoms. The third-order valence-electron chi connectivity index (χ3n) is 5.92. The number of ether oxygens (including phenoxy) is 1. The van der Waals surface area contributed by atoms with E-state index in [1.807, 2.05) is 26.0 Å². The van der Waals surface area contributed by atoms with Gasteiger partial charge in [-0.2, -0.15) is 0 Å². The van der Waals surface area contributed by atoms with Crippen molar-refractivity contribution in [3.63, 3.8) is 0 Å². The topological polar surface area (TPSA) is 96.5 Å². The number of amides is 3. The van der Waals surface area contributed by atoms with Crippen LogP contribution in [0.25, 0.3) is 0 Å². The SMILES string of the molecule is CC=CCCCC(=O)[C@@H](Cl)[C@H]1[C@@H](CNC(=O)CNC(=O)NCCCC)[C@H]2CC[C@H]1O2. The Morgan fingerprint density at radius 1 is 1.13 bits per heavy atom. The lowest BCUT2D eigenvalue weighted by Crippen LogP contribution is -2.46. The second-order valence-electron chi connectivity index (χ2n) is 8.13. The van der Waals surface area contributed by atoms with Crippen molar-refractivity contribution in [3.8, 4) is 0 Å². The van der Waals surface area contributed by atoms with E-state index in [-0.39, 0.29) is 48.3 Å². The molecule has 0 unspecified atom stereocenters. The number of allylic oxidation sites excluding steroid dienone is 2. The summed E-state index contributed by atoms with van der Waals surface area (Å²) in [6.45, 7) is 4.92. The third kappa shape index (κ3) is 7.27. The van der Waals surface area contributed by atoms with Crippen LogP contribution >= 0.6 is 11.6 Å². The molecule has 0 aromatic carbocycles. The first-order chi connectivity index (χ1) is 14.5. The van der Waals surface area contributed by atoms with Gasteiger partial charge in [-0.3, -0.25) is 9.59 Å². The van der Waals surface area contributed by atoms with E-state index in [0.717, 1.165) is 38.5 Å². The summed E-state index contributed by atoms with van der Waals surface area (Å²) < 4.78 is 6.02. The Morgan fingerprint density at radius 2 is 1.90 bits per heavy atom. The van der Waals surface area contributed by atoms with Crippen LogP contribution in [0.4, 0.5) is 4.79 Å². The van der Waals surface area contributed by atoms with Gasteiger partial charge in [-0.05, 0) is 39.0 Å². The predicted molar refractivity (Wildman–Crippen MR) is 118 cm³/mol. The van der Waals surface area contributed by atoms with Crippen molar-refractivity contribution in [1.29, 1.82) is 0 Å². The molecule has 2 fully saturated rings. The summed E-state index contributed by atoms with van der Waals surface area (Å²) in [7, 11) is 0. The highest BCUT2D eigenvalue weighted by molar-refractivity contribution is 6.31. The molecule has 2 saturated heterocycles. The molecule has 0 radical (unpaired) electrons. The predicted octanol–water partition coefficient (Wildman–Crippen LogP) is 2.92. The molecule has 7 nitrogen and oxygen atoms in total.